The molecule has 5 nitrogen and oxygen atoms in total. The molecule has 0 spiro atoms. The maximum absolute atomic E-state index is 13.6. The summed E-state index contributed by atoms with van der Waals surface area (Å²) in [5, 5.41) is 4.31. The standard InChI is InChI=1S/C28H19Cl2N3O2S3/c29-22-12-11-18(15-23(22)30)13-20-16-31-27(37-20)32-25(34)21(14-17-7-3-1-4-8-17)24-26(35)33(28(36)38-24)19-9-5-2-6-10-19/h1-12,15-16H,13-14H2,(H,31,32,34)/b24-21+. The van der Waals surface area contributed by atoms with Crippen molar-refractivity contribution in [3.63, 3.8) is 0 Å². The third kappa shape index (κ3) is 6.00. The Kier molecular flexibility index (Phi) is 8.26. The molecule has 2 heterocycles. The van der Waals surface area contributed by atoms with E-state index in [0.29, 0.717) is 42.1 Å². The number of aromatic nitrogens is 1. The topological polar surface area (TPSA) is 62.3 Å². The molecule has 0 unspecified atom stereocenters. The lowest BCUT2D eigenvalue weighted by molar-refractivity contribution is -0.115. The van der Waals surface area contributed by atoms with Crippen molar-refractivity contribution < 1.29 is 9.59 Å². The number of carbonyl (C=O) groups is 2. The summed E-state index contributed by atoms with van der Waals surface area (Å²) in [7, 11) is 0. The van der Waals surface area contributed by atoms with Crippen LogP contribution in [0.4, 0.5) is 10.8 Å². The average molecular weight is 597 g/mol. The first-order valence-corrected chi connectivity index (χ1v) is 14.3. The predicted molar refractivity (Wildman–Crippen MR) is 161 cm³/mol. The van der Waals surface area contributed by atoms with Crippen molar-refractivity contribution in [1.29, 1.82) is 0 Å². The molecule has 0 aliphatic carbocycles. The first kappa shape index (κ1) is 26.6. The van der Waals surface area contributed by atoms with E-state index in [4.69, 9.17) is 35.4 Å². The Morgan fingerprint density at radius 3 is 2.37 bits per heavy atom. The van der Waals surface area contributed by atoms with Crippen molar-refractivity contribution in [2.24, 2.45) is 0 Å². The van der Waals surface area contributed by atoms with Gasteiger partial charge in [-0.2, -0.15) is 0 Å². The maximum Gasteiger partial charge on any atom is 0.271 e. The fourth-order valence-electron chi connectivity index (χ4n) is 3.89. The number of nitrogens with one attached hydrogen (secondary N) is 1. The number of hydrogen-bond donors (Lipinski definition) is 1. The SMILES string of the molecule is O=C(Nc1ncc(Cc2ccc(Cl)c(Cl)c2)s1)/C(Cc1ccccc1)=C1/SC(=S)N(c2ccccc2)C1=O. The van der Waals surface area contributed by atoms with E-state index in [0.717, 1.165) is 27.8 Å². The van der Waals surface area contributed by atoms with E-state index in [1.807, 2.05) is 72.8 Å². The molecule has 0 radical (unpaired) electrons. The normalized spacial score (nSPS) is 14.6. The number of thiocarbonyl (C=S) groups is 1. The van der Waals surface area contributed by atoms with Crippen LogP contribution in [0.3, 0.4) is 0 Å². The van der Waals surface area contributed by atoms with Crippen molar-refractivity contribution in [3.8, 4) is 0 Å². The molecule has 2 amide bonds. The highest BCUT2D eigenvalue weighted by Crippen LogP contribution is 2.38. The molecule has 1 N–H and O–H groups in total. The fraction of sp³-hybridized carbons (Fsp3) is 0.0714. The van der Waals surface area contributed by atoms with Crippen molar-refractivity contribution in [3.05, 3.63) is 122 Å². The second-order valence-corrected chi connectivity index (χ2v) is 11.9. The minimum Gasteiger partial charge on any atom is -0.298 e. The van der Waals surface area contributed by atoms with Crippen molar-refractivity contribution in [1.82, 2.24) is 4.98 Å². The predicted octanol–water partition coefficient (Wildman–Crippen LogP) is 7.54. The van der Waals surface area contributed by atoms with E-state index in [9.17, 15) is 9.59 Å². The Balaban J connectivity index is 1.41. The van der Waals surface area contributed by atoms with Crippen LogP contribution >= 0.6 is 58.5 Å². The molecule has 0 atom stereocenters. The molecular formula is C28H19Cl2N3O2S3. The van der Waals surface area contributed by atoms with E-state index < -0.39 is 5.91 Å². The Labute approximate surface area is 243 Å². The third-order valence-corrected chi connectivity index (χ3v) is 8.76. The number of hydrogen-bond acceptors (Lipinski definition) is 6. The van der Waals surface area contributed by atoms with Gasteiger partial charge in [-0.25, -0.2) is 4.98 Å². The summed E-state index contributed by atoms with van der Waals surface area (Å²) in [6, 6.07) is 24.2. The molecule has 1 fully saturated rings. The van der Waals surface area contributed by atoms with Crippen molar-refractivity contribution in [2.75, 3.05) is 10.2 Å². The van der Waals surface area contributed by atoms with Gasteiger partial charge in [-0.3, -0.25) is 19.8 Å². The summed E-state index contributed by atoms with van der Waals surface area (Å²) < 4.78 is 0.382. The van der Waals surface area contributed by atoms with E-state index in [-0.39, 0.29) is 12.3 Å². The summed E-state index contributed by atoms with van der Waals surface area (Å²) in [6.45, 7) is 0. The van der Waals surface area contributed by atoms with Gasteiger partial charge in [0.2, 0.25) is 0 Å². The Morgan fingerprint density at radius 1 is 0.947 bits per heavy atom. The molecular weight excluding hydrogens is 577 g/mol. The van der Waals surface area contributed by atoms with Gasteiger partial charge in [-0.15, -0.1) is 11.3 Å². The number of halogens is 2. The number of amides is 2. The van der Waals surface area contributed by atoms with Crippen LogP contribution in [0, 0.1) is 0 Å². The molecule has 5 rings (SSSR count). The summed E-state index contributed by atoms with van der Waals surface area (Å²) in [5.41, 5.74) is 2.89. The van der Waals surface area contributed by atoms with Crippen molar-refractivity contribution in [2.45, 2.75) is 12.8 Å². The molecule has 4 aromatic rings. The minimum atomic E-state index is -0.391. The largest absolute Gasteiger partial charge is 0.298 e. The molecule has 0 saturated carbocycles. The Morgan fingerprint density at radius 2 is 1.66 bits per heavy atom. The quantitative estimate of drug-likeness (QED) is 0.176. The van der Waals surface area contributed by atoms with E-state index in [1.165, 1.54) is 16.2 Å². The number of benzene rings is 3. The Bertz CT molecular complexity index is 1560. The van der Waals surface area contributed by atoms with Gasteiger partial charge in [-0.05, 0) is 35.4 Å². The minimum absolute atomic E-state index is 0.271. The lowest BCUT2D eigenvalue weighted by Gasteiger charge is -2.14. The van der Waals surface area contributed by atoms with Gasteiger partial charge >= 0.3 is 0 Å². The zero-order valence-electron chi connectivity index (χ0n) is 19.7. The molecule has 1 saturated heterocycles. The van der Waals surface area contributed by atoms with Crippen LogP contribution in [0.25, 0.3) is 0 Å². The molecule has 0 bridgehead atoms. The Hall–Kier alpha value is -3.01. The molecule has 10 heteroatoms. The first-order valence-electron chi connectivity index (χ1n) is 11.5. The van der Waals surface area contributed by atoms with Crippen LogP contribution in [0.15, 0.2) is 95.5 Å². The van der Waals surface area contributed by atoms with Crippen LogP contribution in [0.1, 0.15) is 16.0 Å². The highest BCUT2D eigenvalue weighted by molar-refractivity contribution is 8.27. The van der Waals surface area contributed by atoms with Crippen LogP contribution in [0.5, 0.6) is 0 Å². The highest BCUT2D eigenvalue weighted by Gasteiger charge is 2.37. The zero-order valence-corrected chi connectivity index (χ0v) is 23.7. The number of nitrogens with zero attached hydrogens (tertiary/aromatic N) is 2. The number of thiazole rings is 1. The fourth-order valence-corrected chi connectivity index (χ4v) is 6.41. The average Bonchev–Trinajstić information content (AvgIpc) is 3.48. The summed E-state index contributed by atoms with van der Waals surface area (Å²) in [4.78, 5) is 34.2. The summed E-state index contributed by atoms with van der Waals surface area (Å²) in [5.74, 6) is -0.704. The van der Waals surface area contributed by atoms with Gasteiger partial charge < -0.3 is 0 Å². The number of anilines is 2. The molecule has 1 aromatic heterocycles. The van der Waals surface area contributed by atoms with Crippen LogP contribution in [-0.2, 0) is 22.4 Å². The highest BCUT2D eigenvalue weighted by atomic mass is 35.5. The summed E-state index contributed by atoms with van der Waals surface area (Å²) in [6.07, 6.45) is 2.58. The van der Waals surface area contributed by atoms with E-state index in [1.54, 1.807) is 12.3 Å². The second kappa shape index (κ2) is 11.8. The monoisotopic (exact) mass is 595 g/mol. The number of para-hydroxylation sites is 1. The van der Waals surface area contributed by atoms with Crippen LogP contribution < -0.4 is 10.2 Å². The lowest BCUT2D eigenvalue weighted by atomic mass is 10.0. The smallest absolute Gasteiger partial charge is 0.271 e. The van der Waals surface area contributed by atoms with Gasteiger partial charge in [0, 0.05) is 29.5 Å². The lowest BCUT2D eigenvalue weighted by Crippen LogP contribution is -2.28. The zero-order chi connectivity index (χ0) is 26.6. The maximum atomic E-state index is 13.6. The third-order valence-electron chi connectivity index (χ3n) is 5.69. The number of thioether (sulfide) groups is 1. The molecule has 190 valence electrons. The van der Waals surface area contributed by atoms with Crippen molar-refractivity contribution >= 4 is 85.5 Å². The van der Waals surface area contributed by atoms with Gasteiger partial charge in [0.25, 0.3) is 11.8 Å². The molecule has 3 aromatic carbocycles. The van der Waals surface area contributed by atoms with E-state index >= 15 is 0 Å². The number of rotatable bonds is 7. The van der Waals surface area contributed by atoms with Crippen LogP contribution in [0.2, 0.25) is 10.0 Å². The van der Waals surface area contributed by atoms with Crippen LogP contribution in [-0.4, -0.2) is 21.1 Å². The molecule has 1 aliphatic heterocycles. The van der Waals surface area contributed by atoms with Gasteiger partial charge in [0.1, 0.15) is 0 Å². The van der Waals surface area contributed by atoms with Gasteiger partial charge in [0.05, 0.1) is 20.6 Å². The van der Waals surface area contributed by atoms with E-state index in [2.05, 4.69) is 10.3 Å². The first-order chi connectivity index (χ1) is 18.4. The number of carbonyl (C=O) groups excluding carboxylic acids is 2. The molecule has 1 aliphatic rings. The van der Waals surface area contributed by atoms with Gasteiger partial charge in [-0.1, -0.05) is 102 Å². The van der Waals surface area contributed by atoms with Gasteiger partial charge in [0.15, 0.2) is 9.45 Å². The second-order valence-electron chi connectivity index (χ2n) is 8.33. The molecule has 38 heavy (non-hydrogen) atoms. The summed E-state index contributed by atoms with van der Waals surface area (Å²) >= 11 is 20.2.